The summed E-state index contributed by atoms with van der Waals surface area (Å²) in [5, 5.41) is 10.2. The van der Waals surface area contributed by atoms with E-state index in [1.54, 1.807) is 25.1 Å². The maximum Gasteiger partial charge on any atom is 0.166 e. The van der Waals surface area contributed by atoms with Crippen molar-refractivity contribution in [2.24, 2.45) is 0 Å². The highest BCUT2D eigenvalue weighted by atomic mass is 16.3. The number of carbonyl (C=O) groups excluding carboxylic acids is 1. The molecule has 4 N–H and O–H groups in total. The van der Waals surface area contributed by atoms with Crippen LogP contribution in [-0.4, -0.2) is 15.9 Å². The third kappa shape index (κ3) is 1.34. The number of anilines is 1. The summed E-state index contributed by atoms with van der Waals surface area (Å²) in [6, 6.07) is 5.01. The van der Waals surface area contributed by atoms with Gasteiger partial charge in [-0.25, -0.2) is 0 Å². The first-order valence-electron chi connectivity index (χ1n) is 4.77. The van der Waals surface area contributed by atoms with Crippen LogP contribution < -0.4 is 5.73 Å². The van der Waals surface area contributed by atoms with Crippen LogP contribution in [0.1, 0.15) is 23.7 Å². The predicted octanol–water partition coefficient (Wildman–Crippen LogP) is 2.05. The van der Waals surface area contributed by atoms with Crippen LogP contribution in [0.3, 0.4) is 0 Å². The molecule has 0 aliphatic rings. The molecule has 2 aromatic rings. The van der Waals surface area contributed by atoms with Crippen molar-refractivity contribution in [1.82, 2.24) is 4.98 Å². The number of phenols is 1. The number of hydrogen-bond donors (Lipinski definition) is 3. The Hall–Kier alpha value is -1.97. The first-order chi connectivity index (χ1) is 7.15. The Morgan fingerprint density at radius 2 is 2.27 bits per heavy atom. The van der Waals surface area contributed by atoms with Gasteiger partial charge in [-0.05, 0) is 6.07 Å². The van der Waals surface area contributed by atoms with E-state index in [0.29, 0.717) is 28.7 Å². The highest BCUT2D eigenvalue weighted by Crippen LogP contribution is 2.30. The summed E-state index contributed by atoms with van der Waals surface area (Å²) in [6.07, 6.45) is 0.396. The molecule has 78 valence electrons. The topological polar surface area (TPSA) is 79.1 Å². The van der Waals surface area contributed by atoms with Gasteiger partial charge >= 0.3 is 0 Å². The minimum atomic E-state index is -0.0237. The summed E-state index contributed by atoms with van der Waals surface area (Å²) in [7, 11) is 0. The number of phenolic OH excluding ortho intramolecular Hbond substituents is 1. The van der Waals surface area contributed by atoms with Crippen LogP contribution in [-0.2, 0) is 0 Å². The number of aromatic hydroxyl groups is 1. The van der Waals surface area contributed by atoms with Crippen molar-refractivity contribution in [2.75, 3.05) is 5.73 Å². The number of H-pyrrole nitrogens is 1. The van der Waals surface area contributed by atoms with Crippen LogP contribution in [0.2, 0.25) is 0 Å². The van der Waals surface area contributed by atoms with E-state index >= 15 is 0 Å². The van der Waals surface area contributed by atoms with Crippen LogP contribution in [0, 0.1) is 0 Å². The second kappa shape index (κ2) is 3.31. The third-order valence-electron chi connectivity index (χ3n) is 2.44. The summed E-state index contributed by atoms with van der Waals surface area (Å²) in [6.45, 7) is 1.78. The molecular formula is C11H12N2O2. The Kier molecular flexibility index (Phi) is 2.11. The zero-order valence-electron chi connectivity index (χ0n) is 8.37. The van der Waals surface area contributed by atoms with Gasteiger partial charge in [0.1, 0.15) is 11.6 Å². The van der Waals surface area contributed by atoms with Gasteiger partial charge in [-0.3, -0.25) is 4.79 Å². The Labute approximate surface area is 86.7 Å². The smallest absolute Gasteiger partial charge is 0.166 e. The molecule has 4 heteroatoms. The van der Waals surface area contributed by atoms with E-state index in [0.717, 1.165) is 0 Å². The van der Waals surface area contributed by atoms with E-state index in [1.807, 2.05) is 0 Å². The number of aromatic amines is 1. The zero-order chi connectivity index (χ0) is 11.0. The SMILES string of the molecule is CCC(=O)c1c(N)[nH]c2c(O)cccc12. The highest BCUT2D eigenvalue weighted by Gasteiger charge is 2.16. The molecule has 4 nitrogen and oxygen atoms in total. The fourth-order valence-corrected chi connectivity index (χ4v) is 1.70. The Morgan fingerprint density at radius 1 is 1.53 bits per heavy atom. The van der Waals surface area contributed by atoms with Gasteiger partial charge in [0, 0.05) is 11.8 Å². The van der Waals surface area contributed by atoms with E-state index < -0.39 is 0 Å². The van der Waals surface area contributed by atoms with Gasteiger partial charge < -0.3 is 15.8 Å². The molecule has 0 fully saturated rings. The predicted molar refractivity (Wildman–Crippen MR) is 59.0 cm³/mol. The van der Waals surface area contributed by atoms with E-state index in [-0.39, 0.29) is 11.5 Å². The van der Waals surface area contributed by atoms with Crippen molar-refractivity contribution in [3.05, 3.63) is 23.8 Å². The number of nitrogens with one attached hydrogen (secondary N) is 1. The number of rotatable bonds is 2. The summed E-state index contributed by atoms with van der Waals surface area (Å²) >= 11 is 0. The number of hydrogen-bond acceptors (Lipinski definition) is 3. The monoisotopic (exact) mass is 204 g/mol. The molecule has 2 rings (SSSR count). The van der Waals surface area contributed by atoms with Gasteiger partial charge in [-0.15, -0.1) is 0 Å². The van der Waals surface area contributed by atoms with Crippen LogP contribution in [0.15, 0.2) is 18.2 Å². The molecule has 1 aromatic carbocycles. The summed E-state index contributed by atoms with van der Waals surface area (Å²) < 4.78 is 0. The number of para-hydroxylation sites is 1. The molecule has 0 saturated heterocycles. The van der Waals surface area contributed by atoms with E-state index in [9.17, 15) is 9.90 Å². The standard InChI is InChI=1S/C11H12N2O2/c1-2-7(14)9-6-4-3-5-8(15)10(6)13-11(9)12/h3-5,13,15H,2,12H2,1H3. The van der Waals surface area contributed by atoms with Crippen molar-refractivity contribution in [1.29, 1.82) is 0 Å². The number of nitrogen functional groups attached to an aromatic ring is 1. The van der Waals surface area contributed by atoms with E-state index in [2.05, 4.69) is 4.98 Å². The number of aromatic nitrogens is 1. The average molecular weight is 204 g/mol. The second-order valence-electron chi connectivity index (χ2n) is 3.39. The van der Waals surface area contributed by atoms with Crippen LogP contribution in [0.25, 0.3) is 10.9 Å². The van der Waals surface area contributed by atoms with E-state index in [1.165, 1.54) is 0 Å². The number of nitrogens with two attached hydrogens (primary N) is 1. The number of ketones is 1. The highest BCUT2D eigenvalue weighted by molar-refractivity contribution is 6.13. The largest absolute Gasteiger partial charge is 0.506 e. The zero-order valence-corrected chi connectivity index (χ0v) is 8.37. The first-order valence-corrected chi connectivity index (χ1v) is 4.77. The van der Waals surface area contributed by atoms with Crippen LogP contribution >= 0.6 is 0 Å². The molecule has 0 atom stereocenters. The van der Waals surface area contributed by atoms with Gasteiger partial charge in [0.05, 0.1) is 11.1 Å². The van der Waals surface area contributed by atoms with Gasteiger partial charge in [0.2, 0.25) is 0 Å². The minimum absolute atomic E-state index is 0.0237. The normalized spacial score (nSPS) is 10.7. The Balaban J connectivity index is 2.79. The van der Waals surface area contributed by atoms with Crippen molar-refractivity contribution < 1.29 is 9.90 Å². The molecular weight excluding hydrogens is 192 g/mol. The molecule has 0 saturated carbocycles. The lowest BCUT2D eigenvalue weighted by atomic mass is 10.1. The molecule has 0 amide bonds. The van der Waals surface area contributed by atoms with Crippen molar-refractivity contribution in [3.8, 4) is 5.75 Å². The van der Waals surface area contributed by atoms with E-state index in [4.69, 9.17) is 5.73 Å². The lowest BCUT2D eigenvalue weighted by Crippen LogP contribution is -1.99. The quantitative estimate of drug-likeness (QED) is 0.655. The second-order valence-corrected chi connectivity index (χ2v) is 3.39. The van der Waals surface area contributed by atoms with Crippen LogP contribution in [0.5, 0.6) is 5.75 Å². The number of fused-ring (bicyclic) bond motifs is 1. The fraction of sp³-hybridized carbons (Fsp3) is 0.182. The molecule has 1 aromatic heterocycles. The average Bonchev–Trinajstić information content (AvgIpc) is 2.55. The Bertz CT molecular complexity index is 529. The molecule has 0 aliphatic heterocycles. The number of carbonyl (C=O) groups is 1. The van der Waals surface area contributed by atoms with Gasteiger partial charge in [-0.2, -0.15) is 0 Å². The number of Topliss-reactive ketones (excluding diaryl/α,β-unsaturated/α-hetero) is 1. The van der Waals surface area contributed by atoms with Crippen LogP contribution in [0.4, 0.5) is 5.82 Å². The molecule has 0 aliphatic carbocycles. The summed E-state index contributed by atoms with van der Waals surface area (Å²) in [5.74, 6) is 0.400. The molecule has 0 bridgehead atoms. The maximum absolute atomic E-state index is 11.6. The van der Waals surface area contributed by atoms with Gasteiger partial charge in [0.25, 0.3) is 0 Å². The third-order valence-corrected chi connectivity index (χ3v) is 2.44. The lowest BCUT2D eigenvalue weighted by Gasteiger charge is -1.97. The Morgan fingerprint density at radius 3 is 2.93 bits per heavy atom. The minimum Gasteiger partial charge on any atom is -0.506 e. The summed E-state index contributed by atoms with van der Waals surface area (Å²) in [4.78, 5) is 14.5. The molecule has 15 heavy (non-hydrogen) atoms. The number of benzene rings is 1. The lowest BCUT2D eigenvalue weighted by molar-refractivity contribution is 0.0990. The first kappa shape index (κ1) is 9.58. The molecule has 0 spiro atoms. The van der Waals surface area contributed by atoms with Gasteiger partial charge in [0.15, 0.2) is 5.78 Å². The molecule has 0 radical (unpaired) electrons. The van der Waals surface area contributed by atoms with Crippen molar-refractivity contribution in [3.63, 3.8) is 0 Å². The van der Waals surface area contributed by atoms with Crippen molar-refractivity contribution in [2.45, 2.75) is 13.3 Å². The van der Waals surface area contributed by atoms with Crippen molar-refractivity contribution >= 4 is 22.5 Å². The molecule has 0 unspecified atom stereocenters. The fourth-order valence-electron chi connectivity index (χ4n) is 1.70. The van der Waals surface area contributed by atoms with Gasteiger partial charge in [-0.1, -0.05) is 19.1 Å². The maximum atomic E-state index is 11.6. The molecule has 1 heterocycles. The summed E-state index contributed by atoms with van der Waals surface area (Å²) in [5.41, 5.74) is 6.71.